The van der Waals surface area contributed by atoms with E-state index in [4.69, 9.17) is 14.2 Å². The summed E-state index contributed by atoms with van der Waals surface area (Å²) in [6.45, 7) is 1.44. The lowest BCUT2D eigenvalue weighted by atomic mass is 9.89. The van der Waals surface area contributed by atoms with Crippen LogP contribution in [0.15, 0.2) is 66.7 Å². The molecule has 4 rings (SSSR count). The summed E-state index contributed by atoms with van der Waals surface area (Å²) in [7, 11) is 3.38. The van der Waals surface area contributed by atoms with Crippen molar-refractivity contribution in [3.63, 3.8) is 0 Å². The largest absolute Gasteiger partial charge is 0.493 e. The maximum Gasteiger partial charge on any atom is 0.164 e. The summed E-state index contributed by atoms with van der Waals surface area (Å²) >= 11 is 0. The normalized spacial score (nSPS) is 15.6. The summed E-state index contributed by atoms with van der Waals surface area (Å²) in [5.41, 5.74) is 4.77. The molecule has 1 aliphatic heterocycles. The Labute approximate surface area is 166 Å². The molecule has 0 amide bonds. The number of hydrogen-bond acceptors (Lipinski definition) is 4. The molecule has 1 N–H and O–H groups in total. The fraction of sp³-hybridized carbons (Fsp3) is 0.250. The minimum atomic E-state index is 0.101. The molecule has 28 heavy (non-hydrogen) atoms. The summed E-state index contributed by atoms with van der Waals surface area (Å²) in [6.07, 6.45) is 0.913. The van der Waals surface area contributed by atoms with Crippen LogP contribution in [0.2, 0.25) is 0 Å². The zero-order valence-corrected chi connectivity index (χ0v) is 16.3. The molecular weight excluding hydrogens is 350 g/mol. The van der Waals surface area contributed by atoms with E-state index in [2.05, 4.69) is 35.6 Å². The minimum absolute atomic E-state index is 0.101. The second-order valence-electron chi connectivity index (χ2n) is 6.85. The average molecular weight is 375 g/mol. The van der Waals surface area contributed by atoms with Crippen molar-refractivity contribution in [2.24, 2.45) is 0 Å². The maximum atomic E-state index is 6.02. The van der Waals surface area contributed by atoms with Crippen LogP contribution in [0.1, 0.15) is 28.3 Å². The molecule has 1 atom stereocenters. The van der Waals surface area contributed by atoms with Crippen LogP contribution in [0.4, 0.5) is 0 Å². The lowest BCUT2D eigenvalue weighted by Gasteiger charge is -2.29. The smallest absolute Gasteiger partial charge is 0.164 e. The third-order valence-electron chi connectivity index (χ3n) is 5.16. The van der Waals surface area contributed by atoms with Crippen LogP contribution < -0.4 is 19.5 Å². The minimum Gasteiger partial charge on any atom is -0.493 e. The van der Waals surface area contributed by atoms with Crippen LogP contribution >= 0.6 is 0 Å². The SMILES string of the molecule is COc1ccc2c(c1OC)CCNC2c1cccc(OCc2ccccc2)c1. The summed E-state index contributed by atoms with van der Waals surface area (Å²) in [6, 6.07) is 22.7. The number of rotatable bonds is 6. The zero-order chi connectivity index (χ0) is 19.3. The Morgan fingerprint density at radius 2 is 1.79 bits per heavy atom. The maximum absolute atomic E-state index is 6.02. The molecule has 0 bridgehead atoms. The summed E-state index contributed by atoms with van der Waals surface area (Å²) in [5, 5.41) is 3.63. The molecule has 0 spiro atoms. The van der Waals surface area contributed by atoms with Gasteiger partial charge in [0.15, 0.2) is 11.5 Å². The molecule has 144 valence electrons. The van der Waals surface area contributed by atoms with Crippen LogP contribution in [0.3, 0.4) is 0 Å². The van der Waals surface area contributed by atoms with Crippen molar-refractivity contribution in [1.29, 1.82) is 0 Å². The van der Waals surface area contributed by atoms with Crippen molar-refractivity contribution < 1.29 is 14.2 Å². The van der Waals surface area contributed by atoms with E-state index < -0.39 is 0 Å². The molecule has 0 aromatic heterocycles. The average Bonchev–Trinajstić information content (AvgIpc) is 2.77. The monoisotopic (exact) mass is 375 g/mol. The fourth-order valence-electron chi connectivity index (χ4n) is 3.81. The van der Waals surface area contributed by atoms with Gasteiger partial charge >= 0.3 is 0 Å². The topological polar surface area (TPSA) is 39.7 Å². The lowest BCUT2D eigenvalue weighted by Crippen LogP contribution is -2.31. The highest BCUT2D eigenvalue weighted by Gasteiger charge is 2.26. The highest BCUT2D eigenvalue weighted by atomic mass is 16.5. The zero-order valence-electron chi connectivity index (χ0n) is 16.3. The van der Waals surface area contributed by atoms with Gasteiger partial charge in [0.1, 0.15) is 12.4 Å². The van der Waals surface area contributed by atoms with Crippen LogP contribution in [0, 0.1) is 0 Å². The summed E-state index contributed by atoms with van der Waals surface area (Å²) in [5.74, 6) is 2.49. The standard InChI is InChI=1S/C24H25NO3/c1-26-22-12-11-20-21(24(22)27-2)13-14-25-23(20)18-9-6-10-19(15-18)28-16-17-7-4-3-5-8-17/h3-12,15,23,25H,13-14,16H2,1-2H3. The van der Waals surface area contributed by atoms with E-state index in [0.29, 0.717) is 6.61 Å². The number of methoxy groups -OCH3 is 2. The van der Waals surface area contributed by atoms with E-state index in [1.54, 1.807) is 14.2 Å². The van der Waals surface area contributed by atoms with Gasteiger partial charge in [-0.3, -0.25) is 0 Å². The third-order valence-corrected chi connectivity index (χ3v) is 5.16. The van der Waals surface area contributed by atoms with E-state index in [9.17, 15) is 0 Å². The Morgan fingerprint density at radius 1 is 0.929 bits per heavy atom. The van der Waals surface area contributed by atoms with Gasteiger partial charge in [-0.05, 0) is 41.3 Å². The van der Waals surface area contributed by atoms with Crippen LogP contribution in [0.5, 0.6) is 17.2 Å². The molecule has 4 heteroatoms. The molecule has 4 nitrogen and oxygen atoms in total. The molecule has 1 heterocycles. The first-order valence-corrected chi connectivity index (χ1v) is 9.54. The number of nitrogens with one attached hydrogen (secondary N) is 1. The summed E-state index contributed by atoms with van der Waals surface area (Å²) < 4.78 is 17.1. The molecule has 0 aliphatic carbocycles. The highest BCUT2D eigenvalue weighted by Crippen LogP contribution is 2.40. The Hall–Kier alpha value is -2.98. The van der Waals surface area contributed by atoms with Gasteiger partial charge in [-0.2, -0.15) is 0 Å². The van der Waals surface area contributed by atoms with Crippen molar-refractivity contribution in [3.05, 3.63) is 89.0 Å². The van der Waals surface area contributed by atoms with Crippen molar-refractivity contribution in [3.8, 4) is 17.2 Å². The number of ether oxygens (including phenoxy) is 3. The van der Waals surface area contributed by atoms with Crippen LogP contribution in [-0.2, 0) is 13.0 Å². The van der Waals surface area contributed by atoms with Gasteiger partial charge in [-0.15, -0.1) is 0 Å². The third kappa shape index (κ3) is 3.69. The van der Waals surface area contributed by atoms with Crippen molar-refractivity contribution in [2.75, 3.05) is 20.8 Å². The van der Waals surface area contributed by atoms with Crippen LogP contribution in [0.25, 0.3) is 0 Å². The highest BCUT2D eigenvalue weighted by molar-refractivity contribution is 5.55. The molecule has 0 radical (unpaired) electrons. The van der Waals surface area contributed by atoms with E-state index in [-0.39, 0.29) is 6.04 Å². The van der Waals surface area contributed by atoms with Crippen molar-refractivity contribution in [2.45, 2.75) is 19.1 Å². The summed E-state index contributed by atoms with van der Waals surface area (Å²) in [4.78, 5) is 0. The van der Waals surface area contributed by atoms with Gasteiger partial charge in [0.25, 0.3) is 0 Å². The van der Waals surface area contributed by atoms with Crippen LogP contribution in [-0.4, -0.2) is 20.8 Å². The van der Waals surface area contributed by atoms with Crippen molar-refractivity contribution in [1.82, 2.24) is 5.32 Å². The Balaban J connectivity index is 1.60. The molecule has 0 saturated heterocycles. The van der Waals surface area contributed by atoms with Crippen molar-refractivity contribution >= 4 is 0 Å². The number of benzene rings is 3. The van der Waals surface area contributed by atoms with Gasteiger partial charge in [-0.1, -0.05) is 48.5 Å². The Bertz CT molecular complexity index is 940. The second-order valence-corrected chi connectivity index (χ2v) is 6.85. The van der Waals surface area contributed by atoms with E-state index in [0.717, 1.165) is 35.8 Å². The first-order valence-electron chi connectivity index (χ1n) is 9.54. The van der Waals surface area contributed by atoms with Gasteiger partial charge < -0.3 is 19.5 Å². The molecule has 0 fully saturated rings. The molecule has 3 aromatic carbocycles. The quantitative estimate of drug-likeness (QED) is 0.688. The van der Waals surface area contributed by atoms with Gasteiger partial charge in [0.2, 0.25) is 0 Å². The van der Waals surface area contributed by atoms with Gasteiger partial charge in [0.05, 0.1) is 20.3 Å². The molecule has 1 unspecified atom stereocenters. The number of fused-ring (bicyclic) bond motifs is 1. The Morgan fingerprint density at radius 3 is 2.57 bits per heavy atom. The Kier molecular flexibility index (Phi) is 5.49. The van der Waals surface area contributed by atoms with E-state index in [1.807, 2.05) is 36.4 Å². The first kappa shape index (κ1) is 18.4. The molecular formula is C24H25NO3. The van der Waals surface area contributed by atoms with E-state index in [1.165, 1.54) is 16.7 Å². The second kappa shape index (κ2) is 8.36. The fourth-order valence-corrected chi connectivity index (χ4v) is 3.81. The van der Waals surface area contributed by atoms with E-state index >= 15 is 0 Å². The predicted octanol–water partition coefficient (Wildman–Crippen LogP) is 4.52. The molecule has 1 aliphatic rings. The molecule has 0 saturated carbocycles. The van der Waals surface area contributed by atoms with Gasteiger partial charge in [-0.25, -0.2) is 0 Å². The van der Waals surface area contributed by atoms with Gasteiger partial charge in [0, 0.05) is 12.1 Å². The number of hydrogen-bond donors (Lipinski definition) is 1. The first-order chi connectivity index (χ1) is 13.8. The lowest BCUT2D eigenvalue weighted by molar-refractivity contribution is 0.305. The predicted molar refractivity (Wildman–Crippen MR) is 110 cm³/mol. The molecule has 3 aromatic rings.